The number of hydrogen-bond donors (Lipinski definition) is 0. The molecular formula is C15H22O3. The molecule has 2 aliphatic rings. The highest BCUT2D eigenvalue weighted by Gasteiger charge is 2.37. The van der Waals surface area contributed by atoms with Gasteiger partial charge in [-0.1, -0.05) is 20.8 Å². The molecule has 3 heteroatoms. The molecule has 18 heavy (non-hydrogen) atoms. The van der Waals surface area contributed by atoms with Crippen LogP contribution in [0.3, 0.4) is 0 Å². The molecule has 1 aliphatic carbocycles. The van der Waals surface area contributed by atoms with Crippen molar-refractivity contribution in [2.24, 2.45) is 11.3 Å². The van der Waals surface area contributed by atoms with E-state index in [-0.39, 0.29) is 23.4 Å². The van der Waals surface area contributed by atoms with Gasteiger partial charge in [-0.2, -0.15) is 0 Å². The molecule has 0 radical (unpaired) electrons. The monoisotopic (exact) mass is 250 g/mol. The summed E-state index contributed by atoms with van der Waals surface area (Å²) in [4.78, 5) is 23.7. The predicted octanol–water partition coefficient (Wildman–Crippen LogP) is 3.03. The van der Waals surface area contributed by atoms with Gasteiger partial charge in [0.05, 0.1) is 0 Å². The zero-order valence-electron chi connectivity index (χ0n) is 11.5. The van der Waals surface area contributed by atoms with E-state index in [0.29, 0.717) is 12.2 Å². The van der Waals surface area contributed by atoms with Crippen LogP contribution >= 0.6 is 0 Å². The lowest BCUT2D eigenvalue weighted by atomic mass is 9.80. The van der Waals surface area contributed by atoms with E-state index in [9.17, 15) is 9.59 Å². The van der Waals surface area contributed by atoms with Gasteiger partial charge in [0.2, 0.25) is 0 Å². The van der Waals surface area contributed by atoms with E-state index in [2.05, 4.69) is 13.8 Å². The number of rotatable bonds is 0. The Labute approximate surface area is 109 Å². The molecule has 0 aromatic carbocycles. The van der Waals surface area contributed by atoms with E-state index >= 15 is 0 Å². The Morgan fingerprint density at radius 3 is 2.72 bits per heavy atom. The van der Waals surface area contributed by atoms with E-state index < -0.39 is 0 Å². The molecule has 2 rings (SSSR count). The van der Waals surface area contributed by atoms with Gasteiger partial charge in [0.1, 0.15) is 11.9 Å². The van der Waals surface area contributed by atoms with Crippen LogP contribution in [0.15, 0.2) is 11.6 Å². The summed E-state index contributed by atoms with van der Waals surface area (Å²) in [5, 5.41) is 0. The molecule has 0 unspecified atom stereocenters. The molecule has 2 atom stereocenters. The van der Waals surface area contributed by atoms with Gasteiger partial charge in [0.25, 0.3) is 0 Å². The average Bonchev–Trinajstić information content (AvgIpc) is 2.67. The summed E-state index contributed by atoms with van der Waals surface area (Å²) in [5.41, 5.74) is 0.645. The molecule has 0 N–H and O–H groups in total. The molecule has 3 nitrogen and oxygen atoms in total. The number of carbonyl (C=O) groups is 2. The van der Waals surface area contributed by atoms with E-state index in [4.69, 9.17) is 4.74 Å². The summed E-state index contributed by atoms with van der Waals surface area (Å²) >= 11 is 0. The van der Waals surface area contributed by atoms with Crippen molar-refractivity contribution in [3.63, 3.8) is 0 Å². The molecule has 1 aliphatic heterocycles. The third-order valence-electron chi connectivity index (χ3n) is 4.27. The summed E-state index contributed by atoms with van der Waals surface area (Å²) in [6, 6.07) is 0. The number of fused-ring (bicyclic) bond motifs is 1. The van der Waals surface area contributed by atoms with Crippen molar-refractivity contribution in [3.05, 3.63) is 11.6 Å². The Kier molecular flexibility index (Phi) is 3.60. The molecule has 0 spiro atoms. The molecule has 0 aromatic heterocycles. The minimum atomic E-state index is -0.166. The van der Waals surface area contributed by atoms with Crippen LogP contribution in [0.1, 0.15) is 52.9 Å². The second-order valence-corrected chi connectivity index (χ2v) is 6.27. The normalized spacial score (nSPS) is 32.5. The van der Waals surface area contributed by atoms with Crippen molar-refractivity contribution in [1.82, 2.24) is 0 Å². The molecule has 0 aromatic rings. The largest absolute Gasteiger partial charge is 0.454 e. The number of esters is 1. The van der Waals surface area contributed by atoms with Gasteiger partial charge in [0.15, 0.2) is 0 Å². The fraction of sp³-hybridized carbons (Fsp3) is 0.733. The lowest BCUT2D eigenvalue weighted by Crippen LogP contribution is -2.30. The van der Waals surface area contributed by atoms with Crippen molar-refractivity contribution in [2.45, 2.75) is 59.0 Å². The maximum atomic E-state index is 12.0. The second kappa shape index (κ2) is 4.87. The minimum Gasteiger partial charge on any atom is -0.454 e. The summed E-state index contributed by atoms with van der Waals surface area (Å²) < 4.78 is 5.43. The minimum absolute atomic E-state index is 0.119. The molecule has 0 saturated carbocycles. The Hall–Kier alpha value is -1.12. The van der Waals surface area contributed by atoms with Crippen LogP contribution in [0, 0.1) is 11.3 Å². The van der Waals surface area contributed by atoms with Gasteiger partial charge in [-0.3, -0.25) is 4.79 Å². The number of hydrogen-bond acceptors (Lipinski definition) is 3. The van der Waals surface area contributed by atoms with Crippen molar-refractivity contribution in [1.29, 1.82) is 0 Å². The smallest absolute Gasteiger partial charge is 0.334 e. The van der Waals surface area contributed by atoms with Crippen LogP contribution in [0.2, 0.25) is 0 Å². The van der Waals surface area contributed by atoms with E-state index in [1.54, 1.807) is 0 Å². The number of Topliss-reactive ketones (excluding diaryl/α,β-unsaturated/α-hetero) is 1. The zero-order chi connectivity index (χ0) is 13.3. The summed E-state index contributed by atoms with van der Waals surface area (Å²) in [7, 11) is 0. The van der Waals surface area contributed by atoms with Gasteiger partial charge in [0, 0.05) is 23.3 Å². The van der Waals surface area contributed by atoms with E-state index in [1.165, 1.54) is 0 Å². The van der Waals surface area contributed by atoms with E-state index in [1.807, 2.05) is 13.0 Å². The maximum Gasteiger partial charge on any atom is 0.334 e. The van der Waals surface area contributed by atoms with Crippen molar-refractivity contribution in [2.75, 3.05) is 0 Å². The Morgan fingerprint density at radius 1 is 1.28 bits per heavy atom. The zero-order valence-corrected chi connectivity index (χ0v) is 11.5. The topological polar surface area (TPSA) is 43.4 Å². The highest BCUT2D eigenvalue weighted by molar-refractivity contribution is 5.91. The third kappa shape index (κ3) is 2.65. The van der Waals surface area contributed by atoms with Crippen LogP contribution in [0.5, 0.6) is 0 Å². The molecule has 0 saturated heterocycles. The number of carbonyl (C=O) groups excluding carboxylic acids is 2. The SMILES string of the molecule is C[C@@H]1CCCC2=C[C@@H](OC2=O)C(C)(C)CCC1=O. The van der Waals surface area contributed by atoms with Gasteiger partial charge in [-0.05, 0) is 31.8 Å². The summed E-state index contributed by atoms with van der Waals surface area (Å²) in [6.07, 6.45) is 5.67. The van der Waals surface area contributed by atoms with Crippen LogP contribution in [0.25, 0.3) is 0 Å². The molecule has 100 valence electrons. The van der Waals surface area contributed by atoms with Crippen LogP contribution in [-0.4, -0.2) is 17.9 Å². The van der Waals surface area contributed by atoms with Gasteiger partial charge >= 0.3 is 5.97 Å². The van der Waals surface area contributed by atoms with Crippen molar-refractivity contribution in [3.8, 4) is 0 Å². The maximum absolute atomic E-state index is 12.0. The summed E-state index contributed by atoms with van der Waals surface area (Å²) in [5.74, 6) is 0.304. The second-order valence-electron chi connectivity index (χ2n) is 6.27. The first-order chi connectivity index (χ1) is 8.40. The molecule has 2 bridgehead atoms. The lowest BCUT2D eigenvalue weighted by Gasteiger charge is -2.29. The van der Waals surface area contributed by atoms with Crippen molar-refractivity contribution >= 4 is 11.8 Å². The van der Waals surface area contributed by atoms with Crippen molar-refractivity contribution < 1.29 is 14.3 Å². The third-order valence-corrected chi connectivity index (χ3v) is 4.27. The first kappa shape index (κ1) is 13.3. The van der Waals surface area contributed by atoms with Crippen LogP contribution in [0.4, 0.5) is 0 Å². The Balaban J connectivity index is 2.19. The Bertz CT molecular complexity index is 393. The standard InChI is InChI=1S/C15H22O3/c1-10-5-4-6-11-9-13(18-14(11)17)15(2,3)8-7-12(10)16/h9-10,13H,4-8H2,1-3H3/t10-,13-/m1/s1. The molecule has 0 fully saturated rings. The van der Waals surface area contributed by atoms with E-state index in [0.717, 1.165) is 31.3 Å². The summed E-state index contributed by atoms with van der Waals surface area (Å²) in [6.45, 7) is 6.14. The van der Waals surface area contributed by atoms with Gasteiger partial charge in [-0.15, -0.1) is 0 Å². The number of ketones is 1. The quantitative estimate of drug-likeness (QED) is 0.621. The van der Waals surface area contributed by atoms with Crippen LogP contribution in [-0.2, 0) is 14.3 Å². The lowest BCUT2D eigenvalue weighted by molar-refractivity contribution is -0.144. The van der Waals surface area contributed by atoms with Gasteiger partial charge in [-0.25, -0.2) is 4.79 Å². The molecule has 1 heterocycles. The first-order valence-corrected chi connectivity index (χ1v) is 6.84. The highest BCUT2D eigenvalue weighted by Crippen LogP contribution is 2.36. The fourth-order valence-electron chi connectivity index (χ4n) is 2.64. The fourth-order valence-corrected chi connectivity index (χ4v) is 2.64. The van der Waals surface area contributed by atoms with Gasteiger partial charge < -0.3 is 4.74 Å². The number of ether oxygens (including phenoxy) is 1. The first-order valence-electron chi connectivity index (χ1n) is 6.84. The molecular weight excluding hydrogens is 228 g/mol. The average molecular weight is 250 g/mol. The molecule has 0 amide bonds. The Morgan fingerprint density at radius 2 is 2.00 bits per heavy atom. The van der Waals surface area contributed by atoms with Crippen LogP contribution < -0.4 is 0 Å². The highest BCUT2D eigenvalue weighted by atomic mass is 16.5. The predicted molar refractivity (Wildman–Crippen MR) is 69.0 cm³/mol.